The van der Waals surface area contributed by atoms with Crippen LogP contribution in [0.5, 0.6) is 0 Å². The Morgan fingerprint density at radius 1 is 1.54 bits per heavy atom. The van der Waals surface area contributed by atoms with Gasteiger partial charge in [0.1, 0.15) is 0 Å². The highest BCUT2D eigenvalue weighted by atomic mass is 16.2. The van der Waals surface area contributed by atoms with Gasteiger partial charge < -0.3 is 10.6 Å². The molecular formula is C9H14N2O2. The zero-order chi connectivity index (χ0) is 9.42. The number of hydrogen-bond acceptors (Lipinski definition) is 2. The number of nitrogens with zero attached hydrogens (tertiary/aromatic N) is 1. The summed E-state index contributed by atoms with van der Waals surface area (Å²) in [6.45, 7) is 0.523. The Labute approximate surface area is 77.1 Å². The number of likely N-dealkylation sites (tertiary alicyclic amines) is 1. The number of nitrogens with two attached hydrogens (primary N) is 1. The van der Waals surface area contributed by atoms with Gasteiger partial charge in [-0.25, -0.2) is 0 Å². The molecule has 1 heterocycles. The molecule has 1 saturated carbocycles. The lowest BCUT2D eigenvalue weighted by Gasteiger charge is -2.26. The molecule has 0 aromatic rings. The van der Waals surface area contributed by atoms with Crippen LogP contribution < -0.4 is 5.73 Å². The lowest BCUT2D eigenvalue weighted by atomic mass is 10.1. The molecule has 0 spiro atoms. The Kier molecular flexibility index (Phi) is 1.98. The maximum absolute atomic E-state index is 11.6. The second kappa shape index (κ2) is 3.01. The highest BCUT2D eigenvalue weighted by Crippen LogP contribution is 2.38. The lowest BCUT2D eigenvalue weighted by molar-refractivity contribution is -0.134. The number of amides is 2. The smallest absolute Gasteiger partial charge is 0.226 e. The van der Waals surface area contributed by atoms with E-state index in [9.17, 15) is 9.59 Å². The second-order valence-electron chi connectivity index (χ2n) is 3.91. The van der Waals surface area contributed by atoms with Crippen molar-refractivity contribution in [2.24, 2.45) is 11.7 Å². The molecule has 2 aliphatic rings. The van der Waals surface area contributed by atoms with E-state index in [2.05, 4.69) is 0 Å². The van der Waals surface area contributed by atoms with Gasteiger partial charge in [0.2, 0.25) is 11.8 Å². The summed E-state index contributed by atoms with van der Waals surface area (Å²) in [6, 6.07) is 0.400. The minimum absolute atomic E-state index is 0.234. The predicted molar refractivity (Wildman–Crippen MR) is 46.7 cm³/mol. The number of carbonyl (C=O) groups excluding carboxylic acids is 2. The van der Waals surface area contributed by atoms with Crippen molar-refractivity contribution in [1.29, 1.82) is 0 Å². The molecule has 1 saturated heterocycles. The minimum atomic E-state index is -0.324. The topological polar surface area (TPSA) is 63.4 Å². The van der Waals surface area contributed by atoms with Crippen molar-refractivity contribution in [2.75, 3.05) is 6.54 Å². The molecule has 2 unspecified atom stereocenters. The SMILES string of the molecule is NC(=O)CCN1C(=O)C2CCC1C2. The van der Waals surface area contributed by atoms with Gasteiger partial charge in [0.25, 0.3) is 0 Å². The monoisotopic (exact) mass is 182 g/mol. The van der Waals surface area contributed by atoms with Crippen LogP contribution in [0.2, 0.25) is 0 Å². The first-order valence-electron chi connectivity index (χ1n) is 4.77. The average molecular weight is 182 g/mol. The van der Waals surface area contributed by atoms with Crippen LogP contribution in [0.4, 0.5) is 0 Å². The average Bonchev–Trinajstić information content (AvgIpc) is 2.61. The Morgan fingerprint density at radius 3 is 2.85 bits per heavy atom. The highest BCUT2D eigenvalue weighted by molar-refractivity contribution is 5.83. The molecule has 4 heteroatoms. The van der Waals surface area contributed by atoms with E-state index in [1.165, 1.54) is 0 Å². The number of rotatable bonds is 3. The fourth-order valence-corrected chi connectivity index (χ4v) is 2.40. The van der Waals surface area contributed by atoms with Crippen LogP contribution in [-0.2, 0) is 9.59 Å². The van der Waals surface area contributed by atoms with E-state index in [1.54, 1.807) is 0 Å². The third kappa shape index (κ3) is 1.41. The molecule has 2 amide bonds. The fraction of sp³-hybridized carbons (Fsp3) is 0.778. The van der Waals surface area contributed by atoms with Crippen LogP contribution in [0.3, 0.4) is 0 Å². The van der Waals surface area contributed by atoms with Gasteiger partial charge >= 0.3 is 0 Å². The molecule has 2 fully saturated rings. The maximum atomic E-state index is 11.6. The highest BCUT2D eigenvalue weighted by Gasteiger charge is 2.44. The maximum Gasteiger partial charge on any atom is 0.226 e. The van der Waals surface area contributed by atoms with Crippen LogP contribution >= 0.6 is 0 Å². The molecule has 2 atom stereocenters. The normalized spacial score (nSPS) is 31.4. The quantitative estimate of drug-likeness (QED) is 0.661. The van der Waals surface area contributed by atoms with Gasteiger partial charge in [-0.2, -0.15) is 0 Å². The van der Waals surface area contributed by atoms with E-state index >= 15 is 0 Å². The summed E-state index contributed by atoms with van der Waals surface area (Å²) >= 11 is 0. The molecule has 72 valence electrons. The molecule has 2 bridgehead atoms. The zero-order valence-electron chi connectivity index (χ0n) is 7.53. The first-order chi connectivity index (χ1) is 6.18. The summed E-state index contributed by atoms with van der Waals surface area (Å²) in [5, 5.41) is 0. The molecule has 0 radical (unpaired) electrons. The molecule has 2 N–H and O–H groups in total. The Balaban J connectivity index is 1.93. The standard InChI is InChI=1S/C9H14N2O2/c10-8(12)3-4-11-7-2-1-6(5-7)9(11)13/h6-7H,1-5H2,(H2,10,12). The van der Waals surface area contributed by atoms with E-state index in [0.717, 1.165) is 19.3 Å². The van der Waals surface area contributed by atoms with E-state index < -0.39 is 0 Å². The summed E-state index contributed by atoms with van der Waals surface area (Å²) in [4.78, 5) is 23.9. The van der Waals surface area contributed by atoms with Gasteiger partial charge in [-0.15, -0.1) is 0 Å². The first-order valence-corrected chi connectivity index (χ1v) is 4.77. The van der Waals surface area contributed by atoms with E-state index in [-0.39, 0.29) is 17.7 Å². The van der Waals surface area contributed by atoms with E-state index in [1.807, 2.05) is 4.90 Å². The van der Waals surface area contributed by atoms with Crippen LogP contribution in [0.1, 0.15) is 25.7 Å². The zero-order valence-corrected chi connectivity index (χ0v) is 7.53. The predicted octanol–water partition coefficient (Wildman–Crippen LogP) is -0.127. The Hall–Kier alpha value is -1.06. The number of carbonyl (C=O) groups is 2. The van der Waals surface area contributed by atoms with Crippen LogP contribution in [-0.4, -0.2) is 29.3 Å². The van der Waals surface area contributed by atoms with Crippen molar-refractivity contribution < 1.29 is 9.59 Å². The van der Waals surface area contributed by atoms with Crippen molar-refractivity contribution in [2.45, 2.75) is 31.7 Å². The number of primary amides is 1. The van der Waals surface area contributed by atoms with Gasteiger partial charge in [0, 0.05) is 24.9 Å². The number of fused-ring (bicyclic) bond motifs is 2. The van der Waals surface area contributed by atoms with Gasteiger partial charge in [0.15, 0.2) is 0 Å². The van der Waals surface area contributed by atoms with E-state index in [4.69, 9.17) is 5.73 Å². The number of piperidine rings is 1. The molecular weight excluding hydrogens is 168 g/mol. The summed E-state index contributed by atoms with van der Waals surface area (Å²) < 4.78 is 0. The van der Waals surface area contributed by atoms with Crippen LogP contribution in [0.15, 0.2) is 0 Å². The summed E-state index contributed by atoms with van der Waals surface area (Å²) in [6.07, 6.45) is 3.44. The fourth-order valence-electron chi connectivity index (χ4n) is 2.40. The molecule has 0 aromatic carbocycles. The van der Waals surface area contributed by atoms with Crippen molar-refractivity contribution in [3.63, 3.8) is 0 Å². The van der Waals surface area contributed by atoms with Crippen molar-refractivity contribution >= 4 is 11.8 Å². The summed E-state index contributed by atoms with van der Waals surface area (Å²) in [7, 11) is 0. The largest absolute Gasteiger partial charge is 0.370 e. The van der Waals surface area contributed by atoms with E-state index in [0.29, 0.717) is 19.0 Å². The van der Waals surface area contributed by atoms with Gasteiger partial charge in [0.05, 0.1) is 0 Å². The molecule has 2 rings (SSSR count). The molecule has 1 aliphatic heterocycles. The van der Waals surface area contributed by atoms with Gasteiger partial charge in [-0.05, 0) is 19.3 Å². The third-order valence-electron chi connectivity index (χ3n) is 3.08. The number of hydrogen-bond donors (Lipinski definition) is 1. The lowest BCUT2D eigenvalue weighted by Crippen LogP contribution is -2.38. The molecule has 1 aliphatic carbocycles. The second-order valence-corrected chi connectivity index (χ2v) is 3.91. The van der Waals surface area contributed by atoms with Crippen molar-refractivity contribution in [3.05, 3.63) is 0 Å². The third-order valence-corrected chi connectivity index (χ3v) is 3.08. The van der Waals surface area contributed by atoms with Crippen LogP contribution in [0.25, 0.3) is 0 Å². The Morgan fingerprint density at radius 2 is 2.31 bits per heavy atom. The molecule has 4 nitrogen and oxygen atoms in total. The molecule has 0 aromatic heterocycles. The summed E-state index contributed by atoms with van der Waals surface area (Å²) in [5.41, 5.74) is 5.04. The van der Waals surface area contributed by atoms with Crippen molar-refractivity contribution in [3.8, 4) is 0 Å². The summed E-state index contributed by atoms with van der Waals surface area (Å²) in [5.74, 6) is 0.158. The van der Waals surface area contributed by atoms with Crippen molar-refractivity contribution in [1.82, 2.24) is 4.90 Å². The first kappa shape index (κ1) is 8.53. The Bertz CT molecular complexity index is 252. The van der Waals surface area contributed by atoms with Crippen LogP contribution in [0, 0.1) is 5.92 Å². The minimum Gasteiger partial charge on any atom is -0.370 e. The van der Waals surface area contributed by atoms with Gasteiger partial charge in [-0.3, -0.25) is 9.59 Å². The molecule has 13 heavy (non-hydrogen) atoms. The van der Waals surface area contributed by atoms with Gasteiger partial charge in [-0.1, -0.05) is 0 Å².